The van der Waals surface area contributed by atoms with E-state index in [9.17, 15) is 4.79 Å². The number of hydrogen-bond acceptors (Lipinski definition) is 3. The molecule has 0 rings (SSSR count). The number of halogens is 1. The first-order valence-corrected chi connectivity index (χ1v) is 4.72. The minimum Gasteiger partial charge on any atom is -0.466 e. The van der Waals surface area contributed by atoms with Crippen molar-refractivity contribution in [3.63, 3.8) is 0 Å². The summed E-state index contributed by atoms with van der Waals surface area (Å²) >= 11 is 3.21. The maximum Gasteiger partial charge on any atom is 0.308 e. The summed E-state index contributed by atoms with van der Waals surface area (Å²) in [7, 11) is 0. The molecular weight excluding hydrogens is 212 g/mol. The van der Waals surface area contributed by atoms with Gasteiger partial charge in [-0.15, -0.1) is 0 Å². The summed E-state index contributed by atoms with van der Waals surface area (Å²) in [6, 6.07) is 0. The maximum atomic E-state index is 10.7. The Hall–Kier alpha value is -0.0900. The number of esters is 1. The van der Waals surface area contributed by atoms with Crippen LogP contribution in [0.15, 0.2) is 0 Å². The number of carbonyl (C=O) groups excluding carboxylic acids is 1. The number of hydrogen-bond donors (Lipinski definition) is 0. The van der Waals surface area contributed by atoms with Gasteiger partial charge in [-0.05, 0) is 6.92 Å². The van der Waals surface area contributed by atoms with E-state index in [1.165, 1.54) is 0 Å². The summed E-state index contributed by atoms with van der Waals surface area (Å²) in [5.74, 6) is -0.193. The van der Waals surface area contributed by atoms with Crippen LogP contribution >= 0.6 is 15.9 Å². The first-order chi connectivity index (χ1) is 5.31. The van der Waals surface area contributed by atoms with Crippen LogP contribution in [0.1, 0.15) is 13.3 Å². The van der Waals surface area contributed by atoms with Crippen LogP contribution in [0.3, 0.4) is 0 Å². The van der Waals surface area contributed by atoms with E-state index in [0.717, 1.165) is 5.33 Å². The lowest BCUT2D eigenvalue weighted by Gasteiger charge is -2.01. The molecule has 0 heterocycles. The zero-order chi connectivity index (χ0) is 8.53. The van der Waals surface area contributed by atoms with Gasteiger partial charge in [0.2, 0.25) is 0 Å². The summed E-state index contributed by atoms with van der Waals surface area (Å²) in [6.07, 6.45) is 0.348. The SMILES string of the molecule is CCOC(=O)CCOCCBr. The molecule has 11 heavy (non-hydrogen) atoms. The molecule has 0 N–H and O–H groups in total. The average molecular weight is 225 g/mol. The third kappa shape index (κ3) is 7.81. The van der Waals surface area contributed by atoms with Gasteiger partial charge in [-0.1, -0.05) is 15.9 Å². The molecule has 0 aromatic rings. The van der Waals surface area contributed by atoms with Gasteiger partial charge in [0.15, 0.2) is 0 Å². The van der Waals surface area contributed by atoms with Gasteiger partial charge in [0, 0.05) is 5.33 Å². The number of rotatable bonds is 6. The van der Waals surface area contributed by atoms with Crippen molar-refractivity contribution < 1.29 is 14.3 Å². The standard InChI is InChI=1S/C7H13BrO3/c1-2-11-7(9)3-5-10-6-4-8/h2-6H2,1H3. The van der Waals surface area contributed by atoms with Gasteiger partial charge in [0.05, 0.1) is 26.2 Å². The van der Waals surface area contributed by atoms with Gasteiger partial charge in [-0.2, -0.15) is 0 Å². The van der Waals surface area contributed by atoms with E-state index < -0.39 is 0 Å². The topological polar surface area (TPSA) is 35.5 Å². The second-order valence-electron chi connectivity index (χ2n) is 1.86. The highest BCUT2D eigenvalue weighted by Gasteiger charge is 1.99. The third-order valence-electron chi connectivity index (χ3n) is 0.977. The van der Waals surface area contributed by atoms with Crippen molar-refractivity contribution in [3.8, 4) is 0 Å². The normalized spacial score (nSPS) is 9.64. The van der Waals surface area contributed by atoms with Gasteiger partial charge in [0.25, 0.3) is 0 Å². The zero-order valence-corrected chi connectivity index (χ0v) is 8.22. The van der Waals surface area contributed by atoms with Gasteiger partial charge < -0.3 is 9.47 Å². The Morgan fingerprint density at radius 3 is 2.73 bits per heavy atom. The fourth-order valence-electron chi connectivity index (χ4n) is 0.545. The summed E-state index contributed by atoms with van der Waals surface area (Å²) in [6.45, 7) is 3.32. The molecule has 0 aliphatic heterocycles. The molecule has 0 saturated carbocycles. The van der Waals surface area contributed by atoms with Crippen LogP contribution in [0.25, 0.3) is 0 Å². The minimum absolute atomic E-state index is 0.193. The Bertz CT molecular complexity index is 106. The van der Waals surface area contributed by atoms with Crippen molar-refractivity contribution in [2.24, 2.45) is 0 Å². The summed E-state index contributed by atoms with van der Waals surface area (Å²) in [5.41, 5.74) is 0. The average Bonchev–Trinajstić information content (AvgIpc) is 1.99. The van der Waals surface area contributed by atoms with E-state index in [1.807, 2.05) is 0 Å². The second-order valence-corrected chi connectivity index (χ2v) is 2.65. The van der Waals surface area contributed by atoms with E-state index in [-0.39, 0.29) is 5.97 Å². The molecule has 0 radical (unpaired) electrons. The third-order valence-corrected chi connectivity index (χ3v) is 1.30. The molecule has 0 amide bonds. The second kappa shape index (κ2) is 8.01. The van der Waals surface area contributed by atoms with Crippen molar-refractivity contribution in [1.82, 2.24) is 0 Å². The first-order valence-electron chi connectivity index (χ1n) is 3.60. The predicted octanol–water partition coefficient (Wildman–Crippen LogP) is 1.35. The molecule has 0 spiro atoms. The van der Waals surface area contributed by atoms with Crippen molar-refractivity contribution in [3.05, 3.63) is 0 Å². The highest BCUT2D eigenvalue weighted by Crippen LogP contribution is 1.89. The quantitative estimate of drug-likeness (QED) is 0.389. The highest BCUT2D eigenvalue weighted by molar-refractivity contribution is 9.09. The molecule has 3 nitrogen and oxygen atoms in total. The zero-order valence-electron chi connectivity index (χ0n) is 6.64. The molecule has 4 heteroatoms. The van der Waals surface area contributed by atoms with Crippen LogP contribution < -0.4 is 0 Å². The van der Waals surface area contributed by atoms with Crippen molar-refractivity contribution >= 4 is 21.9 Å². The molecule has 0 aliphatic carbocycles. The lowest BCUT2D eigenvalue weighted by molar-refractivity contribution is -0.144. The predicted molar refractivity (Wildman–Crippen MR) is 45.9 cm³/mol. The molecule has 0 aromatic heterocycles. The Morgan fingerprint density at radius 1 is 1.45 bits per heavy atom. The fourth-order valence-corrected chi connectivity index (χ4v) is 0.774. The summed E-state index contributed by atoms with van der Waals surface area (Å²) < 4.78 is 9.74. The van der Waals surface area contributed by atoms with E-state index in [1.54, 1.807) is 6.92 Å². The maximum absolute atomic E-state index is 10.7. The summed E-state index contributed by atoms with van der Waals surface area (Å²) in [5, 5.41) is 0.801. The van der Waals surface area contributed by atoms with Crippen molar-refractivity contribution in [2.45, 2.75) is 13.3 Å². The number of alkyl halides is 1. The Balaban J connectivity index is 3.04. The van der Waals surface area contributed by atoms with Crippen LogP contribution in [-0.2, 0) is 14.3 Å². The van der Waals surface area contributed by atoms with Gasteiger partial charge in [-0.25, -0.2) is 0 Å². The Morgan fingerprint density at radius 2 is 2.18 bits per heavy atom. The van der Waals surface area contributed by atoms with E-state index in [4.69, 9.17) is 9.47 Å². The molecule has 0 saturated heterocycles. The van der Waals surface area contributed by atoms with Gasteiger partial charge in [0.1, 0.15) is 0 Å². The molecule has 66 valence electrons. The van der Waals surface area contributed by atoms with Crippen molar-refractivity contribution in [2.75, 3.05) is 25.2 Å². The van der Waals surface area contributed by atoms with Gasteiger partial charge >= 0.3 is 5.97 Å². The number of carbonyl (C=O) groups is 1. The lowest BCUT2D eigenvalue weighted by Crippen LogP contribution is -2.08. The van der Waals surface area contributed by atoms with Gasteiger partial charge in [-0.3, -0.25) is 4.79 Å². The molecule has 0 unspecified atom stereocenters. The van der Waals surface area contributed by atoms with Crippen LogP contribution in [0.4, 0.5) is 0 Å². The van der Waals surface area contributed by atoms with Crippen molar-refractivity contribution in [1.29, 1.82) is 0 Å². The van der Waals surface area contributed by atoms with Crippen LogP contribution in [-0.4, -0.2) is 31.1 Å². The molecular formula is C7H13BrO3. The van der Waals surface area contributed by atoms with Crippen LogP contribution in [0, 0.1) is 0 Å². The molecule has 0 aromatic carbocycles. The van der Waals surface area contributed by atoms with E-state index in [0.29, 0.717) is 26.2 Å². The first kappa shape index (κ1) is 10.9. The van der Waals surface area contributed by atoms with Crippen LogP contribution in [0.2, 0.25) is 0 Å². The molecule has 0 fully saturated rings. The highest BCUT2D eigenvalue weighted by atomic mass is 79.9. The fraction of sp³-hybridized carbons (Fsp3) is 0.857. The molecule has 0 bridgehead atoms. The molecule has 0 aliphatic rings. The monoisotopic (exact) mass is 224 g/mol. The van der Waals surface area contributed by atoms with E-state index in [2.05, 4.69) is 15.9 Å². The Labute approximate surface area is 75.2 Å². The van der Waals surface area contributed by atoms with E-state index >= 15 is 0 Å². The smallest absolute Gasteiger partial charge is 0.308 e. The largest absolute Gasteiger partial charge is 0.466 e. The lowest BCUT2D eigenvalue weighted by atomic mass is 10.5. The molecule has 0 atom stereocenters. The number of ether oxygens (including phenoxy) is 2. The summed E-state index contributed by atoms with van der Waals surface area (Å²) in [4.78, 5) is 10.7. The minimum atomic E-state index is -0.193. The van der Waals surface area contributed by atoms with Crippen LogP contribution in [0.5, 0.6) is 0 Å². The Kier molecular flexibility index (Phi) is 7.95.